The lowest BCUT2D eigenvalue weighted by atomic mass is 10.2. The van der Waals surface area contributed by atoms with Crippen LogP contribution in [-0.2, 0) is 0 Å². The van der Waals surface area contributed by atoms with Crippen LogP contribution >= 0.6 is 15.9 Å². The molecule has 0 aliphatic heterocycles. The number of hydrogen-bond donors (Lipinski definition) is 1. The number of benzene rings is 1. The van der Waals surface area contributed by atoms with Crippen LogP contribution in [0.1, 0.15) is 5.69 Å². The average molecular weight is 248 g/mol. The van der Waals surface area contributed by atoms with E-state index in [0.717, 1.165) is 15.4 Å². The van der Waals surface area contributed by atoms with Gasteiger partial charge in [-0.1, -0.05) is 22.0 Å². The zero-order valence-electron chi connectivity index (χ0n) is 7.16. The van der Waals surface area contributed by atoms with E-state index in [9.17, 15) is 0 Å². The average Bonchev–Trinajstić information content (AvgIpc) is 2.17. The van der Waals surface area contributed by atoms with Gasteiger partial charge in [-0.15, -0.1) is 0 Å². The molecule has 0 radical (unpaired) electrons. The summed E-state index contributed by atoms with van der Waals surface area (Å²) in [7, 11) is 0. The van der Waals surface area contributed by atoms with Crippen LogP contribution in [0.15, 0.2) is 28.7 Å². The Morgan fingerprint density at radius 3 is 2.86 bits per heavy atom. The molecule has 1 aromatic carbocycles. The monoisotopic (exact) mass is 247 g/mol. The molecule has 0 bridgehead atoms. The maximum atomic E-state index is 8.74. The first-order chi connectivity index (χ1) is 6.70. The van der Waals surface area contributed by atoms with Gasteiger partial charge in [0, 0.05) is 9.86 Å². The number of halogens is 1. The Morgan fingerprint density at radius 2 is 2.14 bits per heavy atom. The van der Waals surface area contributed by atoms with Gasteiger partial charge in [0.1, 0.15) is 6.07 Å². The van der Waals surface area contributed by atoms with Crippen molar-refractivity contribution in [3.05, 3.63) is 34.4 Å². The van der Waals surface area contributed by atoms with Gasteiger partial charge in [0.15, 0.2) is 5.69 Å². The van der Waals surface area contributed by atoms with Crippen molar-refractivity contribution in [3.63, 3.8) is 0 Å². The summed E-state index contributed by atoms with van der Waals surface area (Å²) in [5.41, 5.74) is 7.10. The summed E-state index contributed by atoms with van der Waals surface area (Å²) in [5.74, 6) is 0. The van der Waals surface area contributed by atoms with Crippen LogP contribution < -0.4 is 5.73 Å². The van der Waals surface area contributed by atoms with Crippen LogP contribution in [0.4, 0.5) is 5.69 Å². The number of hydrogen-bond acceptors (Lipinski definition) is 3. The molecule has 0 aliphatic carbocycles. The minimum absolute atomic E-state index is 0.274. The van der Waals surface area contributed by atoms with Gasteiger partial charge < -0.3 is 5.73 Å². The maximum absolute atomic E-state index is 8.74. The first-order valence-electron chi connectivity index (χ1n) is 3.96. The van der Waals surface area contributed by atoms with Crippen LogP contribution in [0.3, 0.4) is 0 Å². The van der Waals surface area contributed by atoms with Crippen molar-refractivity contribution in [1.29, 1.82) is 5.26 Å². The van der Waals surface area contributed by atoms with Gasteiger partial charge in [0.25, 0.3) is 0 Å². The molecule has 0 atom stereocenters. The normalized spacial score (nSPS) is 10.0. The first-order valence-corrected chi connectivity index (χ1v) is 4.76. The van der Waals surface area contributed by atoms with Crippen molar-refractivity contribution in [1.82, 2.24) is 4.98 Å². The molecule has 1 heterocycles. The largest absolute Gasteiger partial charge is 0.396 e. The summed E-state index contributed by atoms with van der Waals surface area (Å²) in [6.45, 7) is 0. The highest BCUT2D eigenvalue weighted by molar-refractivity contribution is 9.10. The van der Waals surface area contributed by atoms with Gasteiger partial charge in [0.2, 0.25) is 0 Å². The molecule has 14 heavy (non-hydrogen) atoms. The number of pyridine rings is 1. The Hall–Kier alpha value is -1.60. The molecule has 68 valence electrons. The molecule has 2 aromatic rings. The summed E-state index contributed by atoms with van der Waals surface area (Å²) >= 11 is 3.34. The molecule has 0 fully saturated rings. The van der Waals surface area contributed by atoms with E-state index in [1.165, 1.54) is 0 Å². The molecule has 3 nitrogen and oxygen atoms in total. The molecule has 4 heteroatoms. The highest BCUT2D eigenvalue weighted by Gasteiger charge is 2.03. The van der Waals surface area contributed by atoms with E-state index in [1.54, 1.807) is 6.07 Å². The SMILES string of the molecule is N#Cc1nc2cc(Br)ccc2cc1N. The predicted octanol–water partition coefficient (Wildman–Crippen LogP) is 2.45. The number of nitrogens with two attached hydrogens (primary N) is 1. The number of nitrogen functional groups attached to an aromatic ring is 1. The Morgan fingerprint density at radius 1 is 1.36 bits per heavy atom. The second-order valence-corrected chi connectivity index (χ2v) is 3.79. The van der Waals surface area contributed by atoms with Gasteiger partial charge in [-0.3, -0.25) is 0 Å². The molecule has 0 saturated carbocycles. The molecule has 2 N–H and O–H groups in total. The van der Waals surface area contributed by atoms with E-state index < -0.39 is 0 Å². The lowest BCUT2D eigenvalue weighted by Gasteiger charge is -2.01. The van der Waals surface area contributed by atoms with Crippen molar-refractivity contribution in [3.8, 4) is 6.07 Å². The standard InChI is InChI=1S/C10H6BrN3/c11-7-2-1-6-3-8(13)10(5-12)14-9(6)4-7/h1-4H,13H2. The van der Waals surface area contributed by atoms with Gasteiger partial charge in [-0.2, -0.15) is 5.26 Å². The number of fused-ring (bicyclic) bond motifs is 1. The van der Waals surface area contributed by atoms with Gasteiger partial charge in [-0.25, -0.2) is 4.98 Å². The third kappa shape index (κ3) is 1.42. The second-order valence-electron chi connectivity index (χ2n) is 2.88. The number of anilines is 1. The van der Waals surface area contributed by atoms with E-state index >= 15 is 0 Å². The van der Waals surface area contributed by atoms with Crippen LogP contribution in [0.2, 0.25) is 0 Å². The Kier molecular flexibility index (Phi) is 2.10. The van der Waals surface area contributed by atoms with E-state index in [1.807, 2.05) is 24.3 Å². The molecule has 0 spiro atoms. The van der Waals surface area contributed by atoms with Crippen molar-refractivity contribution in [2.45, 2.75) is 0 Å². The van der Waals surface area contributed by atoms with E-state index in [-0.39, 0.29) is 5.69 Å². The lowest BCUT2D eigenvalue weighted by Crippen LogP contribution is -1.94. The zero-order valence-corrected chi connectivity index (χ0v) is 8.75. The highest BCUT2D eigenvalue weighted by atomic mass is 79.9. The number of aromatic nitrogens is 1. The number of nitrogens with zero attached hydrogens (tertiary/aromatic N) is 2. The molecular formula is C10H6BrN3. The topological polar surface area (TPSA) is 62.7 Å². The Balaban J connectivity index is 2.82. The van der Waals surface area contributed by atoms with Gasteiger partial charge in [0.05, 0.1) is 11.2 Å². The number of nitriles is 1. The summed E-state index contributed by atoms with van der Waals surface area (Å²) < 4.78 is 0.936. The first kappa shape index (κ1) is 8.97. The molecular weight excluding hydrogens is 242 g/mol. The number of rotatable bonds is 0. The third-order valence-corrected chi connectivity index (χ3v) is 2.41. The van der Waals surface area contributed by atoms with Gasteiger partial charge >= 0.3 is 0 Å². The zero-order chi connectivity index (χ0) is 10.1. The Labute approximate surface area is 89.3 Å². The smallest absolute Gasteiger partial charge is 0.164 e. The van der Waals surface area contributed by atoms with E-state index in [0.29, 0.717) is 5.69 Å². The summed E-state index contributed by atoms with van der Waals surface area (Å²) in [6, 6.07) is 9.39. The van der Waals surface area contributed by atoms with Crippen molar-refractivity contribution < 1.29 is 0 Å². The van der Waals surface area contributed by atoms with Crippen LogP contribution in [-0.4, -0.2) is 4.98 Å². The third-order valence-electron chi connectivity index (χ3n) is 1.92. The van der Waals surface area contributed by atoms with E-state index in [2.05, 4.69) is 20.9 Å². The molecule has 2 rings (SSSR count). The lowest BCUT2D eigenvalue weighted by molar-refractivity contribution is 1.33. The fourth-order valence-electron chi connectivity index (χ4n) is 1.25. The summed E-state index contributed by atoms with van der Waals surface area (Å²) in [4.78, 5) is 4.14. The molecule has 0 amide bonds. The van der Waals surface area contributed by atoms with Crippen molar-refractivity contribution in [2.75, 3.05) is 5.73 Å². The van der Waals surface area contributed by atoms with Crippen molar-refractivity contribution >= 4 is 32.5 Å². The molecule has 0 unspecified atom stereocenters. The quantitative estimate of drug-likeness (QED) is 0.778. The molecule has 0 aliphatic rings. The van der Waals surface area contributed by atoms with Gasteiger partial charge in [-0.05, 0) is 18.2 Å². The fourth-order valence-corrected chi connectivity index (χ4v) is 1.60. The molecule has 0 saturated heterocycles. The minimum atomic E-state index is 0.274. The van der Waals surface area contributed by atoms with Crippen molar-refractivity contribution in [2.24, 2.45) is 0 Å². The minimum Gasteiger partial charge on any atom is -0.396 e. The van der Waals surface area contributed by atoms with E-state index in [4.69, 9.17) is 11.0 Å². The fraction of sp³-hybridized carbons (Fsp3) is 0. The maximum Gasteiger partial charge on any atom is 0.164 e. The van der Waals surface area contributed by atoms with Crippen LogP contribution in [0.25, 0.3) is 10.9 Å². The highest BCUT2D eigenvalue weighted by Crippen LogP contribution is 2.21. The summed E-state index contributed by atoms with van der Waals surface area (Å²) in [5, 5.41) is 9.68. The Bertz CT molecular complexity index is 543. The van der Waals surface area contributed by atoms with Crippen LogP contribution in [0, 0.1) is 11.3 Å². The summed E-state index contributed by atoms with van der Waals surface area (Å²) in [6.07, 6.45) is 0. The second kappa shape index (κ2) is 3.28. The van der Waals surface area contributed by atoms with Crippen LogP contribution in [0.5, 0.6) is 0 Å². The molecule has 1 aromatic heterocycles. The predicted molar refractivity (Wildman–Crippen MR) is 58.6 cm³/mol.